The second kappa shape index (κ2) is 4.30. The minimum Gasteiger partial charge on any atom is -0.766 e. The summed E-state index contributed by atoms with van der Waals surface area (Å²) in [5.74, 6) is 0. The molecule has 0 fully saturated rings. The molecule has 0 saturated carbocycles. The summed E-state index contributed by atoms with van der Waals surface area (Å²) in [5.41, 5.74) is 1.18. The van der Waals surface area contributed by atoms with E-state index >= 15 is 0 Å². The number of carbonyl (C=O) groups is 1. The molecule has 3 nitrogen and oxygen atoms in total. The van der Waals surface area contributed by atoms with E-state index in [4.69, 9.17) is 0 Å². The number of hydrogen-bond donors (Lipinski definition) is 0. The Morgan fingerprint density at radius 1 is 1.54 bits per heavy atom. The number of carbonyl (C=O) groups excluding carboxylic acids is 1. The van der Waals surface area contributed by atoms with Crippen LogP contribution in [-0.4, -0.2) is 13.9 Å². The maximum atomic E-state index is 11.0. The lowest BCUT2D eigenvalue weighted by Gasteiger charge is -2.04. The molecule has 0 aromatic heterocycles. The summed E-state index contributed by atoms with van der Waals surface area (Å²) < 4.78 is 20.7. The van der Waals surface area contributed by atoms with Gasteiger partial charge in [-0.3, -0.25) is 9.00 Å². The van der Waals surface area contributed by atoms with Crippen LogP contribution >= 0.6 is 0 Å². The average molecular weight is 197 g/mol. The molecule has 0 aliphatic carbocycles. The van der Waals surface area contributed by atoms with Gasteiger partial charge in [-0.15, -0.1) is 0 Å². The molecular formula is C9H9O3S-. The summed E-state index contributed by atoms with van der Waals surface area (Å²) in [6.07, 6.45) is 0.784. The van der Waals surface area contributed by atoms with Crippen molar-refractivity contribution in [3.8, 4) is 0 Å². The first-order valence-electron chi connectivity index (χ1n) is 3.87. The zero-order valence-corrected chi connectivity index (χ0v) is 7.97. The standard InChI is InChI=1S/C9H10O3S/c1-2-7-4-3-5-8(6-7)9(10)13(11)12/h3-6H,2H2,1H3,(H,11,12)/p-1. The van der Waals surface area contributed by atoms with Crippen molar-refractivity contribution < 1.29 is 13.6 Å². The molecule has 13 heavy (non-hydrogen) atoms. The van der Waals surface area contributed by atoms with E-state index < -0.39 is 16.2 Å². The van der Waals surface area contributed by atoms with E-state index in [0.717, 1.165) is 12.0 Å². The molecule has 0 N–H and O–H groups in total. The van der Waals surface area contributed by atoms with E-state index in [2.05, 4.69) is 0 Å². The van der Waals surface area contributed by atoms with Crippen LogP contribution in [0.1, 0.15) is 22.8 Å². The summed E-state index contributed by atoms with van der Waals surface area (Å²) in [4.78, 5) is 11.0. The van der Waals surface area contributed by atoms with Gasteiger partial charge in [-0.25, -0.2) is 0 Å². The van der Waals surface area contributed by atoms with Crippen molar-refractivity contribution >= 4 is 16.2 Å². The SMILES string of the molecule is CCc1cccc(C(=O)S(=O)[O-])c1. The Morgan fingerprint density at radius 2 is 2.23 bits per heavy atom. The highest BCUT2D eigenvalue weighted by atomic mass is 32.2. The Morgan fingerprint density at radius 3 is 2.77 bits per heavy atom. The third-order valence-corrected chi connectivity index (χ3v) is 2.26. The highest BCUT2D eigenvalue weighted by Crippen LogP contribution is 2.07. The molecule has 0 aliphatic rings. The van der Waals surface area contributed by atoms with Crippen LogP contribution in [0.2, 0.25) is 0 Å². The molecule has 0 bridgehead atoms. The maximum absolute atomic E-state index is 11.0. The third-order valence-electron chi connectivity index (χ3n) is 1.72. The normalized spacial score (nSPS) is 12.5. The van der Waals surface area contributed by atoms with Gasteiger partial charge < -0.3 is 4.55 Å². The van der Waals surface area contributed by atoms with Crippen LogP contribution in [0.4, 0.5) is 0 Å². The summed E-state index contributed by atoms with van der Waals surface area (Å²) >= 11 is -2.66. The van der Waals surface area contributed by atoms with Gasteiger partial charge in [0.1, 0.15) is 0 Å². The first-order valence-corrected chi connectivity index (χ1v) is 4.95. The van der Waals surface area contributed by atoms with Gasteiger partial charge in [0.15, 0.2) is 0 Å². The monoisotopic (exact) mass is 197 g/mol. The van der Waals surface area contributed by atoms with Crippen molar-refractivity contribution in [1.29, 1.82) is 0 Å². The number of benzene rings is 1. The van der Waals surface area contributed by atoms with Gasteiger partial charge >= 0.3 is 0 Å². The lowest BCUT2D eigenvalue weighted by atomic mass is 10.1. The Kier molecular flexibility index (Phi) is 3.33. The smallest absolute Gasteiger partial charge is 0.236 e. The molecule has 1 atom stereocenters. The molecule has 1 unspecified atom stereocenters. The van der Waals surface area contributed by atoms with Crippen molar-refractivity contribution in [2.45, 2.75) is 13.3 Å². The second-order valence-corrected chi connectivity index (χ2v) is 3.42. The molecule has 0 saturated heterocycles. The molecule has 0 heterocycles. The van der Waals surface area contributed by atoms with E-state index in [1.807, 2.05) is 13.0 Å². The predicted octanol–water partition coefficient (Wildman–Crippen LogP) is 1.27. The molecule has 1 aromatic carbocycles. The summed E-state index contributed by atoms with van der Waals surface area (Å²) in [6, 6.07) is 6.62. The van der Waals surface area contributed by atoms with Crippen LogP contribution in [0, 0.1) is 0 Å². The van der Waals surface area contributed by atoms with Gasteiger partial charge in [-0.05, 0) is 18.1 Å². The van der Waals surface area contributed by atoms with Crippen molar-refractivity contribution in [3.63, 3.8) is 0 Å². The van der Waals surface area contributed by atoms with Crippen molar-refractivity contribution in [3.05, 3.63) is 35.4 Å². The van der Waals surface area contributed by atoms with E-state index in [9.17, 15) is 13.6 Å². The maximum Gasteiger partial charge on any atom is 0.236 e. The van der Waals surface area contributed by atoms with Crippen molar-refractivity contribution in [2.75, 3.05) is 0 Å². The molecule has 1 rings (SSSR count). The quantitative estimate of drug-likeness (QED) is 0.671. The van der Waals surface area contributed by atoms with E-state index in [0.29, 0.717) is 0 Å². The molecule has 70 valence electrons. The van der Waals surface area contributed by atoms with E-state index in [-0.39, 0.29) is 5.56 Å². The van der Waals surface area contributed by atoms with Crippen LogP contribution in [0.15, 0.2) is 24.3 Å². The predicted molar refractivity (Wildman–Crippen MR) is 49.1 cm³/mol. The Hall–Kier alpha value is -1.00. The average Bonchev–Trinajstić information content (AvgIpc) is 2.16. The number of hydrogen-bond acceptors (Lipinski definition) is 3. The fraction of sp³-hybridized carbons (Fsp3) is 0.222. The largest absolute Gasteiger partial charge is 0.766 e. The van der Waals surface area contributed by atoms with Crippen molar-refractivity contribution in [2.24, 2.45) is 0 Å². The molecule has 0 radical (unpaired) electrons. The molecule has 0 spiro atoms. The molecular weight excluding hydrogens is 188 g/mol. The van der Waals surface area contributed by atoms with Gasteiger partial charge in [-0.2, -0.15) is 0 Å². The zero-order valence-electron chi connectivity index (χ0n) is 7.15. The van der Waals surface area contributed by atoms with Gasteiger partial charge in [0.05, 0.1) is 0 Å². The molecule has 0 aliphatic heterocycles. The first-order chi connectivity index (χ1) is 6.15. The lowest BCUT2D eigenvalue weighted by Crippen LogP contribution is -2.06. The number of rotatable bonds is 2. The zero-order chi connectivity index (χ0) is 9.84. The first kappa shape index (κ1) is 10.1. The van der Waals surface area contributed by atoms with Crippen molar-refractivity contribution in [1.82, 2.24) is 0 Å². The molecule has 1 aromatic rings. The fourth-order valence-electron chi connectivity index (χ4n) is 1.01. The van der Waals surface area contributed by atoms with E-state index in [1.54, 1.807) is 12.1 Å². The van der Waals surface area contributed by atoms with Gasteiger partial charge in [0.25, 0.3) is 0 Å². The van der Waals surface area contributed by atoms with Crippen LogP contribution < -0.4 is 0 Å². The highest BCUT2D eigenvalue weighted by molar-refractivity contribution is 7.95. The van der Waals surface area contributed by atoms with Crippen LogP contribution in [0.25, 0.3) is 0 Å². The third kappa shape index (κ3) is 2.47. The minimum absolute atomic E-state index is 0.229. The van der Waals surface area contributed by atoms with Crippen LogP contribution in [0.5, 0.6) is 0 Å². The lowest BCUT2D eigenvalue weighted by molar-refractivity contribution is 0.107. The molecule has 0 amide bonds. The van der Waals surface area contributed by atoms with Gasteiger partial charge in [-0.1, -0.05) is 25.1 Å². The van der Waals surface area contributed by atoms with Gasteiger partial charge in [0, 0.05) is 16.6 Å². The highest BCUT2D eigenvalue weighted by Gasteiger charge is 2.05. The Balaban J connectivity index is 3.02. The molecule has 4 heteroatoms. The topological polar surface area (TPSA) is 57.2 Å². The van der Waals surface area contributed by atoms with Crippen LogP contribution in [-0.2, 0) is 17.5 Å². The van der Waals surface area contributed by atoms with Crippen LogP contribution in [0.3, 0.4) is 0 Å². The minimum atomic E-state index is -2.66. The number of aryl methyl sites for hydroxylation is 1. The summed E-state index contributed by atoms with van der Waals surface area (Å²) in [7, 11) is 0. The van der Waals surface area contributed by atoms with E-state index in [1.165, 1.54) is 6.07 Å². The summed E-state index contributed by atoms with van der Waals surface area (Å²) in [6.45, 7) is 1.94. The van der Waals surface area contributed by atoms with Gasteiger partial charge in [0.2, 0.25) is 5.12 Å². The second-order valence-electron chi connectivity index (χ2n) is 2.58. The fourth-order valence-corrected chi connectivity index (χ4v) is 1.33. The summed E-state index contributed by atoms with van der Waals surface area (Å²) in [5, 5.41) is -0.852. The Bertz CT molecular complexity index is 346. The Labute approximate surface area is 79.1 Å².